The van der Waals surface area contributed by atoms with Gasteiger partial charge in [0.15, 0.2) is 5.82 Å². The summed E-state index contributed by atoms with van der Waals surface area (Å²) < 4.78 is 1.67. The number of tetrazole rings is 1. The van der Waals surface area contributed by atoms with E-state index < -0.39 is 0 Å². The molecule has 1 aromatic carbocycles. The summed E-state index contributed by atoms with van der Waals surface area (Å²) in [7, 11) is 0. The van der Waals surface area contributed by atoms with Crippen molar-refractivity contribution in [1.82, 2.24) is 20.2 Å². The van der Waals surface area contributed by atoms with Gasteiger partial charge < -0.3 is 5.73 Å². The normalized spacial score (nSPS) is 10.5. The van der Waals surface area contributed by atoms with Crippen LogP contribution in [0.25, 0.3) is 11.4 Å². The van der Waals surface area contributed by atoms with Crippen LogP contribution in [0.4, 0.5) is 5.69 Å². The van der Waals surface area contributed by atoms with Crippen LogP contribution in [0.5, 0.6) is 0 Å². The summed E-state index contributed by atoms with van der Waals surface area (Å²) in [5.74, 6) is 0.634. The summed E-state index contributed by atoms with van der Waals surface area (Å²) >= 11 is 6.05. The van der Waals surface area contributed by atoms with Crippen LogP contribution < -0.4 is 5.73 Å². The van der Waals surface area contributed by atoms with Gasteiger partial charge in [-0.1, -0.05) is 11.6 Å². The minimum absolute atomic E-state index is 0.591. The van der Waals surface area contributed by atoms with Crippen LogP contribution in [0.3, 0.4) is 0 Å². The molecule has 1 heterocycles. The van der Waals surface area contributed by atoms with Crippen LogP contribution in [-0.4, -0.2) is 20.2 Å². The van der Waals surface area contributed by atoms with E-state index in [1.54, 1.807) is 22.9 Å². The Balaban J connectivity index is 2.58. The minimum atomic E-state index is 0.591. The molecule has 78 valence electrons. The van der Waals surface area contributed by atoms with E-state index in [4.69, 9.17) is 17.3 Å². The first kappa shape index (κ1) is 9.92. The molecule has 2 aromatic rings. The minimum Gasteiger partial charge on any atom is -0.399 e. The Kier molecular flexibility index (Phi) is 2.55. The summed E-state index contributed by atoms with van der Waals surface area (Å²) in [6.07, 6.45) is 0. The quantitative estimate of drug-likeness (QED) is 0.785. The topological polar surface area (TPSA) is 69.6 Å². The average molecular weight is 224 g/mol. The van der Waals surface area contributed by atoms with E-state index in [1.807, 2.05) is 6.92 Å². The average Bonchev–Trinajstić information content (AvgIpc) is 2.69. The van der Waals surface area contributed by atoms with E-state index in [1.165, 1.54) is 0 Å². The maximum Gasteiger partial charge on any atom is 0.183 e. The molecule has 0 aliphatic heterocycles. The molecule has 0 aliphatic carbocycles. The standard InChI is InChI=1S/C9H10ClN5/c1-2-15-9(12-13-14-15)7-5-6(11)3-4-8(7)10/h3-5H,2,11H2,1H3. The molecule has 0 amide bonds. The zero-order chi connectivity index (χ0) is 10.8. The van der Waals surface area contributed by atoms with Crippen molar-refractivity contribution in [2.45, 2.75) is 13.5 Å². The second kappa shape index (κ2) is 3.86. The second-order valence-corrected chi connectivity index (χ2v) is 3.46. The third-order valence-corrected chi connectivity index (χ3v) is 2.39. The Morgan fingerprint density at radius 1 is 1.47 bits per heavy atom. The lowest BCUT2D eigenvalue weighted by atomic mass is 10.2. The number of aromatic nitrogens is 4. The number of hydrogen-bond donors (Lipinski definition) is 1. The molecule has 1 aromatic heterocycles. The van der Waals surface area contributed by atoms with Crippen LogP contribution in [0.1, 0.15) is 6.92 Å². The van der Waals surface area contributed by atoms with Crippen molar-refractivity contribution in [3.63, 3.8) is 0 Å². The number of halogens is 1. The fourth-order valence-electron chi connectivity index (χ4n) is 1.32. The van der Waals surface area contributed by atoms with Crippen LogP contribution in [0.15, 0.2) is 18.2 Å². The van der Waals surface area contributed by atoms with Gasteiger partial charge >= 0.3 is 0 Å². The smallest absolute Gasteiger partial charge is 0.183 e. The third-order valence-electron chi connectivity index (χ3n) is 2.06. The number of benzene rings is 1. The maximum absolute atomic E-state index is 6.05. The van der Waals surface area contributed by atoms with Crippen molar-refractivity contribution in [2.24, 2.45) is 0 Å². The summed E-state index contributed by atoms with van der Waals surface area (Å²) in [6, 6.07) is 5.24. The van der Waals surface area contributed by atoms with Gasteiger partial charge in [0, 0.05) is 17.8 Å². The lowest BCUT2D eigenvalue weighted by molar-refractivity contribution is 0.631. The van der Waals surface area contributed by atoms with Crippen LogP contribution in [0, 0.1) is 0 Å². The molecule has 0 saturated carbocycles. The monoisotopic (exact) mass is 223 g/mol. The van der Waals surface area contributed by atoms with Crippen LogP contribution in [0.2, 0.25) is 5.02 Å². The van der Waals surface area contributed by atoms with E-state index in [0.29, 0.717) is 23.1 Å². The van der Waals surface area contributed by atoms with Crippen molar-refractivity contribution in [3.05, 3.63) is 23.2 Å². The van der Waals surface area contributed by atoms with Gasteiger partial charge in [-0.15, -0.1) is 5.10 Å². The number of hydrogen-bond acceptors (Lipinski definition) is 4. The van der Waals surface area contributed by atoms with Crippen molar-refractivity contribution in [1.29, 1.82) is 0 Å². The Morgan fingerprint density at radius 2 is 2.27 bits per heavy atom. The largest absolute Gasteiger partial charge is 0.399 e. The molecule has 0 bridgehead atoms. The first-order chi connectivity index (χ1) is 7.22. The highest BCUT2D eigenvalue weighted by Crippen LogP contribution is 2.27. The van der Waals surface area contributed by atoms with E-state index in [-0.39, 0.29) is 0 Å². The third kappa shape index (κ3) is 1.78. The van der Waals surface area contributed by atoms with E-state index >= 15 is 0 Å². The first-order valence-electron chi connectivity index (χ1n) is 4.54. The Morgan fingerprint density at radius 3 is 3.00 bits per heavy atom. The predicted octanol–water partition coefficient (Wildman–Crippen LogP) is 1.60. The molecule has 0 atom stereocenters. The van der Waals surface area contributed by atoms with Crippen molar-refractivity contribution >= 4 is 17.3 Å². The van der Waals surface area contributed by atoms with Crippen molar-refractivity contribution in [3.8, 4) is 11.4 Å². The highest BCUT2D eigenvalue weighted by molar-refractivity contribution is 6.33. The molecule has 0 unspecified atom stereocenters. The summed E-state index contributed by atoms with van der Waals surface area (Å²) in [4.78, 5) is 0. The van der Waals surface area contributed by atoms with Gasteiger partial charge in [0.05, 0.1) is 5.02 Å². The molecule has 0 aliphatic rings. The van der Waals surface area contributed by atoms with E-state index in [0.717, 1.165) is 5.56 Å². The molecule has 0 saturated heterocycles. The first-order valence-corrected chi connectivity index (χ1v) is 4.91. The van der Waals surface area contributed by atoms with Crippen LogP contribution in [-0.2, 0) is 6.54 Å². The molecule has 0 radical (unpaired) electrons. The molecule has 0 spiro atoms. The molecule has 15 heavy (non-hydrogen) atoms. The van der Waals surface area contributed by atoms with E-state index in [9.17, 15) is 0 Å². The number of aryl methyl sites for hydroxylation is 1. The highest BCUT2D eigenvalue weighted by Gasteiger charge is 2.11. The maximum atomic E-state index is 6.05. The molecule has 5 nitrogen and oxygen atoms in total. The zero-order valence-corrected chi connectivity index (χ0v) is 8.94. The lowest BCUT2D eigenvalue weighted by Gasteiger charge is -2.04. The Bertz CT molecular complexity index is 479. The van der Waals surface area contributed by atoms with Gasteiger partial charge in [-0.2, -0.15) is 0 Å². The van der Waals surface area contributed by atoms with Gasteiger partial charge in [-0.05, 0) is 35.5 Å². The number of nitrogens with zero attached hydrogens (tertiary/aromatic N) is 4. The van der Waals surface area contributed by atoms with Gasteiger partial charge in [0.2, 0.25) is 0 Å². The summed E-state index contributed by atoms with van der Waals surface area (Å²) in [6.45, 7) is 2.65. The molecule has 2 N–H and O–H groups in total. The Hall–Kier alpha value is -1.62. The van der Waals surface area contributed by atoms with Gasteiger partial charge in [0.25, 0.3) is 0 Å². The fourth-order valence-corrected chi connectivity index (χ4v) is 1.53. The Labute approximate surface area is 91.8 Å². The van der Waals surface area contributed by atoms with Gasteiger partial charge in [-0.25, -0.2) is 4.68 Å². The van der Waals surface area contributed by atoms with Gasteiger partial charge in [-0.3, -0.25) is 0 Å². The number of rotatable bonds is 2. The van der Waals surface area contributed by atoms with Crippen LogP contribution >= 0.6 is 11.6 Å². The molecule has 6 heteroatoms. The second-order valence-electron chi connectivity index (χ2n) is 3.06. The van der Waals surface area contributed by atoms with Crippen molar-refractivity contribution in [2.75, 3.05) is 5.73 Å². The summed E-state index contributed by atoms with van der Waals surface area (Å²) in [5.41, 5.74) is 7.08. The molecular formula is C9H10ClN5. The highest BCUT2D eigenvalue weighted by atomic mass is 35.5. The SMILES string of the molecule is CCn1nnnc1-c1cc(N)ccc1Cl. The summed E-state index contributed by atoms with van der Waals surface area (Å²) in [5, 5.41) is 12.0. The van der Waals surface area contributed by atoms with E-state index in [2.05, 4.69) is 15.5 Å². The molecule has 2 rings (SSSR count). The lowest BCUT2D eigenvalue weighted by Crippen LogP contribution is -2.00. The zero-order valence-electron chi connectivity index (χ0n) is 8.18. The molecule has 0 fully saturated rings. The van der Waals surface area contributed by atoms with Crippen molar-refractivity contribution < 1.29 is 0 Å². The fraction of sp³-hybridized carbons (Fsp3) is 0.222. The predicted molar refractivity (Wildman–Crippen MR) is 58.3 cm³/mol. The number of nitrogen functional groups attached to an aromatic ring is 1. The number of nitrogens with two attached hydrogens (primary N) is 1. The number of anilines is 1. The van der Waals surface area contributed by atoms with Gasteiger partial charge in [0.1, 0.15) is 0 Å². The molecular weight excluding hydrogens is 214 g/mol.